The first-order valence-corrected chi connectivity index (χ1v) is 10.1. The van der Waals surface area contributed by atoms with Crippen LogP contribution in [0.15, 0.2) is 11.6 Å². The highest BCUT2D eigenvalue weighted by atomic mass is 16.4. The second-order valence-electron chi connectivity index (χ2n) is 9.96. The van der Waals surface area contributed by atoms with Crippen LogP contribution in [-0.2, 0) is 4.79 Å². The van der Waals surface area contributed by atoms with Crippen LogP contribution in [0.4, 0.5) is 0 Å². The van der Waals surface area contributed by atoms with E-state index in [9.17, 15) is 30.3 Å². The number of aliphatic hydroxyl groups excluding tert-OH is 2. The summed E-state index contributed by atoms with van der Waals surface area (Å²) in [5, 5.41) is 56.1. The summed E-state index contributed by atoms with van der Waals surface area (Å²) < 4.78 is 0. The number of rotatable bonds is 1. The first kappa shape index (κ1) is 19.5. The normalized spacial score (nSPS) is 57.3. The van der Waals surface area contributed by atoms with Gasteiger partial charge in [-0.3, -0.25) is 4.79 Å². The maximum atomic E-state index is 12.3. The molecule has 4 rings (SSSR count). The Morgan fingerprint density at radius 2 is 1.78 bits per heavy atom. The average molecular weight is 380 g/mol. The SMILES string of the molecule is CC(=O)[C@]1(O)CC[C@@]2(O)[C@@]1(C)[C@H](O)C[C@H]1[C@@]3(C)CC[C@H](O)CC3=CC[C@@]12O. The molecule has 3 fully saturated rings. The molecule has 152 valence electrons. The summed E-state index contributed by atoms with van der Waals surface area (Å²) in [7, 11) is 0. The first-order valence-electron chi connectivity index (χ1n) is 10.1. The lowest BCUT2D eigenvalue weighted by Crippen LogP contribution is -2.78. The van der Waals surface area contributed by atoms with Gasteiger partial charge in [-0.25, -0.2) is 0 Å². The fourth-order valence-electron chi connectivity index (χ4n) is 7.23. The summed E-state index contributed by atoms with van der Waals surface area (Å²) >= 11 is 0. The van der Waals surface area contributed by atoms with E-state index in [2.05, 4.69) is 0 Å². The molecule has 4 aliphatic carbocycles. The predicted molar refractivity (Wildman–Crippen MR) is 97.7 cm³/mol. The molecule has 0 aromatic rings. The minimum Gasteiger partial charge on any atom is -0.393 e. The van der Waals surface area contributed by atoms with Crippen LogP contribution < -0.4 is 0 Å². The van der Waals surface area contributed by atoms with Crippen molar-refractivity contribution in [1.29, 1.82) is 0 Å². The van der Waals surface area contributed by atoms with Gasteiger partial charge in [-0.1, -0.05) is 25.5 Å². The molecule has 27 heavy (non-hydrogen) atoms. The van der Waals surface area contributed by atoms with E-state index in [-0.39, 0.29) is 25.7 Å². The maximum absolute atomic E-state index is 12.3. The summed E-state index contributed by atoms with van der Waals surface area (Å²) in [6.07, 6.45) is 2.73. The van der Waals surface area contributed by atoms with Crippen LogP contribution in [0.2, 0.25) is 0 Å². The zero-order valence-corrected chi connectivity index (χ0v) is 16.4. The third kappa shape index (κ3) is 1.96. The lowest BCUT2D eigenvalue weighted by molar-refractivity contribution is -0.312. The Balaban J connectivity index is 1.87. The summed E-state index contributed by atoms with van der Waals surface area (Å²) in [5.41, 5.74) is -6.07. The van der Waals surface area contributed by atoms with Crippen molar-refractivity contribution in [3.05, 3.63) is 11.6 Å². The van der Waals surface area contributed by atoms with Gasteiger partial charge >= 0.3 is 0 Å². The van der Waals surface area contributed by atoms with E-state index in [1.165, 1.54) is 6.92 Å². The van der Waals surface area contributed by atoms with Gasteiger partial charge in [-0.2, -0.15) is 0 Å². The van der Waals surface area contributed by atoms with Gasteiger partial charge in [0.05, 0.1) is 17.6 Å². The molecule has 3 saturated carbocycles. The minimum absolute atomic E-state index is 0.0213. The van der Waals surface area contributed by atoms with Gasteiger partial charge in [0.15, 0.2) is 5.78 Å². The van der Waals surface area contributed by atoms with E-state index < -0.39 is 51.5 Å². The van der Waals surface area contributed by atoms with Crippen LogP contribution >= 0.6 is 0 Å². The number of fused-ring (bicyclic) bond motifs is 5. The Bertz CT molecular complexity index is 719. The van der Waals surface area contributed by atoms with E-state index in [0.29, 0.717) is 19.3 Å². The van der Waals surface area contributed by atoms with Gasteiger partial charge in [-0.15, -0.1) is 0 Å². The van der Waals surface area contributed by atoms with E-state index >= 15 is 0 Å². The molecule has 8 atom stereocenters. The van der Waals surface area contributed by atoms with Gasteiger partial charge in [-0.05, 0) is 57.3 Å². The molecule has 0 radical (unpaired) electrons. The monoisotopic (exact) mass is 380 g/mol. The van der Waals surface area contributed by atoms with Crippen molar-refractivity contribution in [2.45, 2.75) is 94.7 Å². The zero-order chi connectivity index (χ0) is 20.0. The number of hydrogen-bond donors (Lipinski definition) is 5. The topological polar surface area (TPSA) is 118 Å². The summed E-state index contributed by atoms with van der Waals surface area (Å²) in [6, 6.07) is 0. The van der Waals surface area contributed by atoms with E-state index in [4.69, 9.17) is 0 Å². The molecule has 4 aliphatic rings. The van der Waals surface area contributed by atoms with Gasteiger partial charge in [0.1, 0.15) is 16.8 Å². The Kier molecular flexibility index (Phi) is 3.92. The lowest BCUT2D eigenvalue weighted by atomic mass is 9.42. The zero-order valence-electron chi connectivity index (χ0n) is 16.4. The highest BCUT2D eigenvalue weighted by molar-refractivity contribution is 5.87. The molecule has 5 N–H and O–H groups in total. The van der Waals surface area contributed by atoms with Crippen LogP contribution in [0.25, 0.3) is 0 Å². The van der Waals surface area contributed by atoms with Crippen LogP contribution in [0.5, 0.6) is 0 Å². The number of ketones is 1. The highest BCUT2D eigenvalue weighted by Gasteiger charge is 2.80. The van der Waals surface area contributed by atoms with Gasteiger partial charge in [0.2, 0.25) is 0 Å². The molecular weight excluding hydrogens is 348 g/mol. The third-order valence-electron chi connectivity index (χ3n) is 9.18. The van der Waals surface area contributed by atoms with Crippen molar-refractivity contribution < 1.29 is 30.3 Å². The average Bonchev–Trinajstić information content (AvgIpc) is 2.83. The van der Waals surface area contributed by atoms with Crippen LogP contribution in [0, 0.1) is 16.7 Å². The second-order valence-corrected chi connectivity index (χ2v) is 9.96. The molecule has 0 spiro atoms. The number of aliphatic hydroxyl groups is 5. The number of carbonyl (C=O) groups is 1. The van der Waals surface area contributed by atoms with Gasteiger partial charge in [0.25, 0.3) is 0 Å². The first-order chi connectivity index (χ1) is 12.4. The van der Waals surface area contributed by atoms with E-state index in [0.717, 1.165) is 5.57 Å². The van der Waals surface area contributed by atoms with Crippen molar-refractivity contribution in [3.63, 3.8) is 0 Å². The van der Waals surface area contributed by atoms with Crippen LogP contribution in [0.1, 0.15) is 65.7 Å². The van der Waals surface area contributed by atoms with E-state index in [1.807, 2.05) is 13.0 Å². The number of Topliss-reactive ketones (excluding diaryl/α,β-unsaturated/α-hetero) is 1. The fraction of sp³-hybridized carbons (Fsp3) is 0.857. The molecule has 0 heterocycles. The van der Waals surface area contributed by atoms with Crippen molar-refractivity contribution in [3.8, 4) is 0 Å². The Labute approximate surface area is 159 Å². The highest BCUT2D eigenvalue weighted by Crippen LogP contribution is 2.70. The molecule has 0 aliphatic heterocycles. The molecule has 0 amide bonds. The molecule has 0 saturated heterocycles. The Morgan fingerprint density at radius 1 is 1.11 bits per heavy atom. The lowest BCUT2D eigenvalue weighted by Gasteiger charge is -2.66. The molecule has 6 nitrogen and oxygen atoms in total. The van der Waals surface area contributed by atoms with Crippen molar-refractivity contribution in [1.82, 2.24) is 0 Å². The summed E-state index contributed by atoms with van der Waals surface area (Å²) in [5.74, 6) is -0.888. The predicted octanol–water partition coefficient (Wildman–Crippen LogP) is 0.831. The maximum Gasteiger partial charge on any atom is 0.162 e. The quantitative estimate of drug-likeness (QED) is 0.430. The molecular formula is C21H32O6. The molecule has 0 bridgehead atoms. The van der Waals surface area contributed by atoms with Gasteiger partial charge < -0.3 is 25.5 Å². The largest absolute Gasteiger partial charge is 0.393 e. The third-order valence-corrected chi connectivity index (χ3v) is 9.18. The van der Waals surface area contributed by atoms with Crippen molar-refractivity contribution in [2.24, 2.45) is 16.7 Å². The Morgan fingerprint density at radius 3 is 2.41 bits per heavy atom. The number of hydrogen-bond acceptors (Lipinski definition) is 6. The van der Waals surface area contributed by atoms with Gasteiger partial charge in [0, 0.05) is 5.92 Å². The molecule has 0 aromatic heterocycles. The van der Waals surface area contributed by atoms with Crippen LogP contribution in [0.3, 0.4) is 0 Å². The second kappa shape index (κ2) is 5.42. The molecule has 6 heteroatoms. The number of carbonyl (C=O) groups excluding carboxylic acids is 1. The van der Waals surface area contributed by atoms with Crippen molar-refractivity contribution in [2.75, 3.05) is 0 Å². The standard InChI is InChI=1S/C21H32O6/c1-12(22)19(25)8-9-21(27)18(19,3)16(24)11-15-17(2)6-5-14(23)10-13(17)4-7-20(15,21)26/h4,14-16,23-27H,5-11H2,1-3H3/t14-,15-,16+,17-,18-,19+,20+,21+/m0/s1. The van der Waals surface area contributed by atoms with E-state index in [1.54, 1.807) is 6.92 Å². The fourth-order valence-corrected chi connectivity index (χ4v) is 7.23. The smallest absolute Gasteiger partial charge is 0.162 e. The minimum atomic E-state index is -1.87. The summed E-state index contributed by atoms with van der Waals surface area (Å²) in [6.45, 7) is 4.87. The molecule has 0 unspecified atom stereocenters. The Hall–Kier alpha value is -0.790. The summed E-state index contributed by atoms with van der Waals surface area (Å²) in [4.78, 5) is 12.3. The van der Waals surface area contributed by atoms with Crippen molar-refractivity contribution >= 4 is 5.78 Å². The van der Waals surface area contributed by atoms with Crippen LogP contribution in [-0.4, -0.2) is 60.3 Å². The molecule has 0 aromatic carbocycles.